The molecule has 7 nitrogen and oxygen atoms in total. The van der Waals surface area contributed by atoms with Crippen molar-refractivity contribution in [2.45, 2.75) is 66.9 Å². The van der Waals surface area contributed by atoms with E-state index >= 15 is 0 Å². The fourth-order valence-corrected chi connectivity index (χ4v) is 7.13. The highest BCUT2D eigenvalue weighted by Crippen LogP contribution is 2.38. The molecule has 9 heteroatoms. The van der Waals surface area contributed by atoms with Gasteiger partial charge in [-0.2, -0.15) is 4.31 Å². The highest BCUT2D eigenvalue weighted by molar-refractivity contribution is 8.00. The Hall–Kier alpha value is -2.36. The monoisotopic (exact) mass is 498 g/mol. The van der Waals surface area contributed by atoms with Gasteiger partial charge in [0, 0.05) is 25.7 Å². The molecule has 1 saturated heterocycles. The van der Waals surface area contributed by atoms with Crippen LogP contribution in [0.25, 0.3) is 11.0 Å². The van der Waals surface area contributed by atoms with Crippen molar-refractivity contribution < 1.29 is 13.2 Å². The molecule has 180 valence electrons. The fourth-order valence-electron chi connectivity index (χ4n) is 4.41. The Labute approximate surface area is 205 Å². The summed E-state index contributed by atoms with van der Waals surface area (Å²) in [5, 5.41) is 3.41. The van der Waals surface area contributed by atoms with E-state index in [1.54, 1.807) is 16.4 Å². The molecule has 0 unspecified atom stereocenters. The first-order valence-corrected chi connectivity index (χ1v) is 14.3. The van der Waals surface area contributed by atoms with Crippen LogP contribution < -0.4 is 5.32 Å². The zero-order valence-electron chi connectivity index (χ0n) is 19.3. The lowest BCUT2D eigenvalue weighted by Crippen LogP contribution is -2.35. The van der Waals surface area contributed by atoms with Gasteiger partial charge >= 0.3 is 0 Å². The maximum atomic E-state index is 13.2. The summed E-state index contributed by atoms with van der Waals surface area (Å²) in [5.74, 6) is -0.0122. The van der Waals surface area contributed by atoms with Crippen molar-refractivity contribution in [1.29, 1.82) is 0 Å². The summed E-state index contributed by atoms with van der Waals surface area (Å²) >= 11 is 1.42. The van der Waals surface area contributed by atoms with Gasteiger partial charge in [0.05, 0.1) is 15.9 Å². The minimum absolute atomic E-state index is 0.0122. The van der Waals surface area contributed by atoms with Gasteiger partial charge < -0.3 is 9.88 Å². The van der Waals surface area contributed by atoms with Crippen LogP contribution in [0.1, 0.15) is 49.8 Å². The number of nitrogens with zero attached hydrogens (tertiary/aromatic N) is 3. The topological polar surface area (TPSA) is 84.3 Å². The number of hydrogen-bond donors (Lipinski definition) is 1. The van der Waals surface area contributed by atoms with Gasteiger partial charge in [-0.3, -0.25) is 4.79 Å². The SMILES string of the molecule is CCn1c(S[C@@H](C(=O)NC2CC2)c2ccccc2)nc2cc(S(=O)(=O)N3CCCCC3)ccc21. The second kappa shape index (κ2) is 9.71. The Morgan fingerprint density at radius 1 is 1.12 bits per heavy atom. The number of benzene rings is 2. The predicted octanol–water partition coefficient (Wildman–Crippen LogP) is 4.34. The molecular formula is C25H30N4O3S2. The van der Waals surface area contributed by atoms with E-state index in [4.69, 9.17) is 4.98 Å². The minimum Gasteiger partial charge on any atom is -0.352 e. The number of carbonyl (C=O) groups is 1. The van der Waals surface area contributed by atoms with Gasteiger partial charge in [-0.05, 0) is 56.4 Å². The maximum absolute atomic E-state index is 13.2. The van der Waals surface area contributed by atoms with E-state index in [2.05, 4.69) is 9.88 Å². The smallest absolute Gasteiger partial charge is 0.243 e. The van der Waals surface area contributed by atoms with Crippen LogP contribution in [0.2, 0.25) is 0 Å². The van der Waals surface area contributed by atoms with Crippen LogP contribution in [0.4, 0.5) is 0 Å². The number of piperidine rings is 1. The van der Waals surface area contributed by atoms with Crippen molar-refractivity contribution in [2.24, 2.45) is 0 Å². The number of aryl methyl sites for hydroxylation is 1. The molecule has 1 atom stereocenters. The molecule has 2 aliphatic rings. The lowest BCUT2D eigenvalue weighted by molar-refractivity contribution is -0.120. The molecule has 0 radical (unpaired) electrons. The molecule has 0 spiro atoms. The summed E-state index contributed by atoms with van der Waals surface area (Å²) in [6, 6.07) is 15.2. The average molecular weight is 499 g/mol. The number of aromatic nitrogens is 2. The third-order valence-corrected chi connectivity index (χ3v) is 9.58. The Kier molecular flexibility index (Phi) is 6.68. The van der Waals surface area contributed by atoms with Gasteiger partial charge in [0.25, 0.3) is 0 Å². The van der Waals surface area contributed by atoms with E-state index in [1.165, 1.54) is 11.8 Å². The molecule has 1 aromatic heterocycles. The standard InChI is InChI=1S/C25H30N4O3S2/c1-2-29-22-14-13-20(34(31,32)28-15-7-4-8-16-28)17-21(22)27-25(29)33-23(18-9-5-3-6-10-18)24(30)26-19-11-12-19/h3,5-6,9-10,13-14,17,19,23H,2,4,7-8,11-12,15-16H2,1H3,(H,26,30)/t23-/m1/s1. The first kappa shape index (κ1) is 23.4. The number of fused-ring (bicyclic) bond motifs is 1. The normalized spacial score (nSPS) is 18.1. The largest absolute Gasteiger partial charge is 0.352 e. The molecule has 2 fully saturated rings. The van der Waals surface area contributed by atoms with Crippen molar-refractivity contribution in [2.75, 3.05) is 13.1 Å². The quantitative estimate of drug-likeness (QED) is 0.467. The highest BCUT2D eigenvalue weighted by Gasteiger charge is 2.31. The zero-order chi connectivity index (χ0) is 23.7. The second-order valence-corrected chi connectivity index (χ2v) is 12.0. The Morgan fingerprint density at radius 3 is 2.53 bits per heavy atom. The molecule has 1 N–H and O–H groups in total. The number of sulfonamides is 1. The van der Waals surface area contributed by atoms with Crippen molar-refractivity contribution in [3.8, 4) is 0 Å². The van der Waals surface area contributed by atoms with Crippen LogP contribution in [0.3, 0.4) is 0 Å². The molecule has 1 aliphatic carbocycles. The van der Waals surface area contributed by atoms with Crippen molar-refractivity contribution in [3.63, 3.8) is 0 Å². The molecule has 1 amide bonds. The summed E-state index contributed by atoms with van der Waals surface area (Å²) in [6.07, 6.45) is 4.93. The number of hydrogen-bond acceptors (Lipinski definition) is 5. The number of rotatable bonds is 8. The maximum Gasteiger partial charge on any atom is 0.243 e. The van der Waals surface area contributed by atoms with Crippen LogP contribution in [-0.2, 0) is 21.4 Å². The van der Waals surface area contributed by atoms with Crippen LogP contribution in [0.15, 0.2) is 58.6 Å². The van der Waals surface area contributed by atoms with Gasteiger partial charge in [0.2, 0.25) is 15.9 Å². The minimum atomic E-state index is -3.54. The second-order valence-electron chi connectivity index (χ2n) is 8.95. The van der Waals surface area contributed by atoms with E-state index < -0.39 is 15.3 Å². The first-order chi connectivity index (χ1) is 16.5. The van der Waals surface area contributed by atoms with E-state index in [-0.39, 0.29) is 16.8 Å². The molecular weight excluding hydrogens is 468 g/mol. The van der Waals surface area contributed by atoms with Gasteiger partial charge in [0.15, 0.2) is 5.16 Å². The number of carbonyl (C=O) groups excluding carboxylic acids is 1. The van der Waals surface area contributed by atoms with Crippen LogP contribution >= 0.6 is 11.8 Å². The molecule has 1 saturated carbocycles. The Bertz CT molecular complexity index is 1280. The third kappa shape index (κ3) is 4.74. The summed E-state index contributed by atoms with van der Waals surface area (Å²) in [7, 11) is -3.54. The molecule has 34 heavy (non-hydrogen) atoms. The molecule has 2 heterocycles. The lowest BCUT2D eigenvalue weighted by Gasteiger charge is -2.25. The summed E-state index contributed by atoms with van der Waals surface area (Å²) in [5.41, 5.74) is 2.43. The van der Waals surface area contributed by atoms with Gasteiger partial charge in [-0.25, -0.2) is 13.4 Å². The predicted molar refractivity (Wildman–Crippen MR) is 134 cm³/mol. The first-order valence-electron chi connectivity index (χ1n) is 12.0. The number of thioether (sulfide) groups is 1. The Morgan fingerprint density at radius 2 is 1.85 bits per heavy atom. The van der Waals surface area contributed by atoms with Crippen LogP contribution in [-0.4, -0.2) is 47.3 Å². The summed E-state index contributed by atoms with van der Waals surface area (Å²) < 4.78 is 30.0. The lowest BCUT2D eigenvalue weighted by atomic mass is 10.1. The summed E-state index contributed by atoms with van der Waals surface area (Å²) in [6.45, 7) is 3.84. The number of nitrogens with one attached hydrogen (secondary N) is 1. The van der Waals surface area contributed by atoms with E-state index in [9.17, 15) is 13.2 Å². The van der Waals surface area contributed by atoms with Crippen LogP contribution in [0, 0.1) is 0 Å². The van der Waals surface area contributed by atoms with E-state index in [0.717, 1.165) is 43.2 Å². The van der Waals surface area contributed by atoms with E-state index in [1.807, 2.05) is 43.3 Å². The third-order valence-electron chi connectivity index (χ3n) is 6.44. The molecule has 3 aromatic rings. The van der Waals surface area contributed by atoms with Crippen molar-refractivity contribution in [3.05, 3.63) is 54.1 Å². The summed E-state index contributed by atoms with van der Waals surface area (Å²) in [4.78, 5) is 18.2. The fraction of sp³-hybridized carbons (Fsp3) is 0.440. The Balaban J connectivity index is 1.49. The zero-order valence-corrected chi connectivity index (χ0v) is 20.9. The molecule has 5 rings (SSSR count). The number of amides is 1. The van der Waals surface area contributed by atoms with Crippen molar-refractivity contribution in [1.82, 2.24) is 19.2 Å². The molecule has 1 aliphatic heterocycles. The number of imidazole rings is 1. The highest BCUT2D eigenvalue weighted by atomic mass is 32.2. The van der Waals surface area contributed by atoms with Gasteiger partial charge in [0.1, 0.15) is 5.25 Å². The van der Waals surface area contributed by atoms with Gasteiger partial charge in [-0.1, -0.05) is 48.5 Å². The van der Waals surface area contributed by atoms with E-state index in [0.29, 0.717) is 30.3 Å². The van der Waals surface area contributed by atoms with Gasteiger partial charge in [-0.15, -0.1) is 0 Å². The molecule has 2 aromatic carbocycles. The molecule has 0 bridgehead atoms. The van der Waals surface area contributed by atoms with Crippen LogP contribution in [0.5, 0.6) is 0 Å². The average Bonchev–Trinajstić information content (AvgIpc) is 3.61. The van der Waals surface area contributed by atoms with Crippen molar-refractivity contribution >= 4 is 38.7 Å².